The molecule has 35 heavy (non-hydrogen) atoms. The van der Waals surface area contributed by atoms with Crippen molar-refractivity contribution in [1.82, 2.24) is 9.55 Å². The number of fused-ring (bicyclic) bond motifs is 3. The van der Waals surface area contributed by atoms with E-state index in [1.165, 1.54) is 15.8 Å². The van der Waals surface area contributed by atoms with E-state index in [9.17, 15) is 14.4 Å². The van der Waals surface area contributed by atoms with Gasteiger partial charge in [0.1, 0.15) is 4.83 Å². The summed E-state index contributed by atoms with van der Waals surface area (Å²) in [6.07, 6.45) is 5.63. The fraction of sp³-hybridized carbons (Fsp3) is 0.462. The number of thiophene rings is 1. The lowest BCUT2D eigenvalue weighted by Crippen LogP contribution is -2.30. The Kier molecular flexibility index (Phi) is 7.85. The number of nitrogens with zero attached hydrogens (tertiary/aromatic N) is 3. The maximum Gasteiger partial charge on any atom is 0.308 e. The molecule has 4 rings (SSSR count). The number of amides is 1. The van der Waals surface area contributed by atoms with Gasteiger partial charge < -0.3 is 15.0 Å². The lowest BCUT2D eigenvalue weighted by atomic mass is 9.97. The van der Waals surface area contributed by atoms with Gasteiger partial charge in [0.15, 0.2) is 6.61 Å². The molecular formula is C26H32N4O4S. The lowest BCUT2D eigenvalue weighted by Gasteiger charge is -2.27. The van der Waals surface area contributed by atoms with Crippen LogP contribution in [-0.4, -0.2) is 40.6 Å². The van der Waals surface area contributed by atoms with E-state index in [4.69, 9.17) is 4.74 Å². The summed E-state index contributed by atoms with van der Waals surface area (Å²) in [6, 6.07) is 7.96. The smallest absolute Gasteiger partial charge is 0.308 e. The summed E-state index contributed by atoms with van der Waals surface area (Å²) in [7, 11) is 0. The molecule has 0 radical (unpaired) electrons. The largest absolute Gasteiger partial charge is 0.456 e. The number of anilines is 2. The molecule has 1 aliphatic carbocycles. The Morgan fingerprint density at radius 2 is 1.94 bits per heavy atom. The van der Waals surface area contributed by atoms with E-state index in [1.807, 2.05) is 24.3 Å². The first-order valence-corrected chi connectivity index (χ1v) is 13.0. The number of carbonyl (C=O) groups excluding carboxylic acids is 2. The van der Waals surface area contributed by atoms with Crippen LogP contribution in [0.15, 0.2) is 35.4 Å². The van der Waals surface area contributed by atoms with Crippen LogP contribution in [0.1, 0.15) is 50.5 Å². The maximum atomic E-state index is 13.0. The molecule has 0 fully saturated rings. The SMILES string of the molecule is CCN(c1ccc(NC(=O)COC(=O)CCn2cnc3sc4c(c3c2=O)CCCC4)cc1)C(C)C. The zero-order valence-electron chi connectivity index (χ0n) is 20.5. The zero-order valence-corrected chi connectivity index (χ0v) is 21.3. The molecular weight excluding hydrogens is 464 g/mol. The Labute approximate surface area is 208 Å². The molecule has 2 heterocycles. The van der Waals surface area contributed by atoms with Crippen molar-refractivity contribution in [2.45, 2.75) is 65.5 Å². The molecule has 1 aliphatic rings. The molecule has 0 saturated carbocycles. The molecule has 0 saturated heterocycles. The zero-order chi connectivity index (χ0) is 24.9. The van der Waals surface area contributed by atoms with E-state index >= 15 is 0 Å². The van der Waals surface area contributed by atoms with Crippen molar-refractivity contribution in [1.29, 1.82) is 0 Å². The first-order valence-electron chi connectivity index (χ1n) is 12.2. The molecule has 1 N–H and O–H groups in total. The Hall–Kier alpha value is -3.20. The van der Waals surface area contributed by atoms with Gasteiger partial charge in [0.25, 0.3) is 11.5 Å². The van der Waals surface area contributed by atoms with Gasteiger partial charge in [-0.05, 0) is 76.3 Å². The van der Waals surface area contributed by atoms with E-state index in [0.717, 1.165) is 48.3 Å². The fourth-order valence-electron chi connectivity index (χ4n) is 4.55. The number of benzene rings is 1. The molecule has 0 spiro atoms. The Bertz CT molecular complexity index is 1260. The monoisotopic (exact) mass is 496 g/mol. The van der Waals surface area contributed by atoms with E-state index in [-0.39, 0.29) is 25.1 Å². The van der Waals surface area contributed by atoms with Gasteiger partial charge >= 0.3 is 5.97 Å². The molecule has 0 unspecified atom stereocenters. The fourth-order valence-corrected chi connectivity index (χ4v) is 5.77. The number of aromatic nitrogens is 2. The summed E-state index contributed by atoms with van der Waals surface area (Å²) >= 11 is 1.60. The topological polar surface area (TPSA) is 93.5 Å². The van der Waals surface area contributed by atoms with Gasteiger partial charge in [-0.3, -0.25) is 19.0 Å². The second-order valence-electron chi connectivity index (χ2n) is 9.02. The van der Waals surface area contributed by atoms with Crippen molar-refractivity contribution < 1.29 is 14.3 Å². The van der Waals surface area contributed by atoms with Crippen molar-refractivity contribution in [3.63, 3.8) is 0 Å². The number of esters is 1. The number of rotatable bonds is 9. The summed E-state index contributed by atoms with van der Waals surface area (Å²) in [4.78, 5) is 46.1. The molecule has 3 aromatic rings. The van der Waals surface area contributed by atoms with Crippen LogP contribution in [0.4, 0.5) is 11.4 Å². The van der Waals surface area contributed by atoms with Gasteiger partial charge in [-0.2, -0.15) is 0 Å². The van der Waals surface area contributed by atoms with E-state index in [1.54, 1.807) is 11.3 Å². The molecule has 2 aromatic heterocycles. The second kappa shape index (κ2) is 11.0. The molecule has 0 aliphatic heterocycles. The molecule has 8 nitrogen and oxygen atoms in total. The average Bonchev–Trinajstić information content (AvgIpc) is 3.23. The Morgan fingerprint density at radius 3 is 2.66 bits per heavy atom. The van der Waals surface area contributed by atoms with Crippen LogP contribution in [-0.2, 0) is 33.7 Å². The highest BCUT2D eigenvalue weighted by molar-refractivity contribution is 7.18. The Morgan fingerprint density at radius 1 is 1.20 bits per heavy atom. The molecule has 1 aromatic carbocycles. The molecule has 0 bridgehead atoms. The standard InChI is InChI=1S/C26H32N4O4S/c1-4-30(17(2)3)19-11-9-18(10-12-19)28-22(31)15-34-23(32)13-14-29-16-27-25-24(26(29)33)20-7-5-6-8-21(20)35-25/h9-12,16-17H,4-8,13-15H2,1-3H3,(H,28,31). The number of ether oxygens (including phenoxy) is 1. The third-order valence-electron chi connectivity index (χ3n) is 6.31. The summed E-state index contributed by atoms with van der Waals surface area (Å²) < 4.78 is 6.58. The molecule has 186 valence electrons. The predicted molar refractivity (Wildman–Crippen MR) is 139 cm³/mol. The molecule has 0 atom stereocenters. The van der Waals surface area contributed by atoms with Crippen molar-refractivity contribution in [2.24, 2.45) is 0 Å². The number of aryl methyl sites for hydroxylation is 3. The van der Waals surface area contributed by atoms with Crippen LogP contribution in [0.2, 0.25) is 0 Å². The van der Waals surface area contributed by atoms with Gasteiger partial charge in [0.2, 0.25) is 0 Å². The van der Waals surface area contributed by atoms with E-state index in [0.29, 0.717) is 17.1 Å². The van der Waals surface area contributed by atoms with Crippen molar-refractivity contribution in [2.75, 3.05) is 23.4 Å². The summed E-state index contributed by atoms with van der Waals surface area (Å²) in [6.45, 7) is 7.05. The third-order valence-corrected chi connectivity index (χ3v) is 7.51. The summed E-state index contributed by atoms with van der Waals surface area (Å²) in [5.74, 6) is -0.946. The van der Waals surface area contributed by atoms with Gasteiger partial charge in [0, 0.05) is 35.4 Å². The van der Waals surface area contributed by atoms with Crippen LogP contribution in [0, 0.1) is 0 Å². The van der Waals surface area contributed by atoms with Gasteiger partial charge in [-0.25, -0.2) is 4.98 Å². The van der Waals surface area contributed by atoms with Gasteiger partial charge in [0.05, 0.1) is 18.1 Å². The quantitative estimate of drug-likeness (QED) is 0.448. The first kappa shape index (κ1) is 24.9. The highest BCUT2D eigenvalue weighted by Crippen LogP contribution is 2.33. The number of hydrogen-bond acceptors (Lipinski definition) is 7. The Balaban J connectivity index is 1.28. The van der Waals surface area contributed by atoms with Crippen LogP contribution >= 0.6 is 11.3 Å². The molecule has 1 amide bonds. The lowest BCUT2D eigenvalue weighted by molar-refractivity contribution is -0.147. The minimum Gasteiger partial charge on any atom is -0.456 e. The minimum atomic E-state index is -0.537. The van der Waals surface area contributed by atoms with Crippen LogP contribution in [0.25, 0.3) is 10.2 Å². The van der Waals surface area contributed by atoms with E-state index < -0.39 is 11.9 Å². The van der Waals surface area contributed by atoms with Crippen molar-refractivity contribution >= 4 is 44.8 Å². The highest BCUT2D eigenvalue weighted by Gasteiger charge is 2.20. The highest BCUT2D eigenvalue weighted by atomic mass is 32.1. The summed E-state index contributed by atoms with van der Waals surface area (Å²) in [5, 5.41) is 3.44. The third kappa shape index (κ3) is 5.73. The van der Waals surface area contributed by atoms with Crippen LogP contribution < -0.4 is 15.8 Å². The van der Waals surface area contributed by atoms with Crippen LogP contribution in [0.3, 0.4) is 0 Å². The van der Waals surface area contributed by atoms with E-state index in [2.05, 4.69) is 36.0 Å². The minimum absolute atomic E-state index is 0.0105. The second-order valence-corrected chi connectivity index (χ2v) is 10.1. The predicted octanol–water partition coefficient (Wildman–Crippen LogP) is 4.14. The molecule has 9 heteroatoms. The van der Waals surface area contributed by atoms with Crippen LogP contribution in [0.5, 0.6) is 0 Å². The first-order chi connectivity index (χ1) is 16.9. The van der Waals surface area contributed by atoms with Crippen molar-refractivity contribution in [3.8, 4) is 0 Å². The number of nitrogens with one attached hydrogen (secondary N) is 1. The van der Waals surface area contributed by atoms with Gasteiger partial charge in [-0.1, -0.05) is 0 Å². The maximum absolute atomic E-state index is 13.0. The summed E-state index contributed by atoms with van der Waals surface area (Å²) in [5.41, 5.74) is 2.74. The van der Waals surface area contributed by atoms with Crippen molar-refractivity contribution in [3.05, 3.63) is 51.4 Å². The van der Waals surface area contributed by atoms with Gasteiger partial charge in [-0.15, -0.1) is 11.3 Å². The average molecular weight is 497 g/mol. The normalized spacial score (nSPS) is 13.0. The number of hydrogen-bond donors (Lipinski definition) is 1. The number of carbonyl (C=O) groups is 2.